The van der Waals surface area contributed by atoms with Crippen molar-refractivity contribution in [1.29, 1.82) is 0 Å². The summed E-state index contributed by atoms with van der Waals surface area (Å²) < 4.78 is 0. The molecule has 1 aliphatic carbocycles. The van der Waals surface area contributed by atoms with E-state index in [4.69, 9.17) is 25.5 Å². The van der Waals surface area contributed by atoms with Gasteiger partial charge in [0.05, 0.1) is 30.6 Å². The highest BCUT2D eigenvalue weighted by Gasteiger charge is 2.19. The molecular weight excluding hydrogens is 348 g/mol. The van der Waals surface area contributed by atoms with Crippen LogP contribution in [-0.2, 0) is 14.4 Å². The number of rotatable bonds is 4. The number of thiol groups is 2. The lowest BCUT2D eigenvalue weighted by atomic mass is 9.90. The molecule has 0 amide bonds. The summed E-state index contributed by atoms with van der Waals surface area (Å²) in [7, 11) is 0. The Morgan fingerprint density at radius 3 is 1.22 bits per heavy atom. The maximum absolute atomic E-state index is 10.4. The lowest BCUT2D eigenvalue weighted by Gasteiger charge is -2.16. The first-order valence-corrected chi connectivity index (χ1v) is 8.13. The van der Waals surface area contributed by atoms with Crippen LogP contribution in [0.4, 0.5) is 0 Å². The van der Waals surface area contributed by atoms with Gasteiger partial charge in [0.1, 0.15) is 0 Å². The molecule has 23 heavy (non-hydrogen) atoms. The van der Waals surface area contributed by atoms with E-state index in [2.05, 4.69) is 25.3 Å². The van der Waals surface area contributed by atoms with Gasteiger partial charge >= 0.3 is 17.9 Å². The minimum absolute atomic E-state index is 0.0289. The third kappa shape index (κ3) is 29.6. The van der Waals surface area contributed by atoms with Gasteiger partial charge in [-0.05, 0) is 12.8 Å². The normalized spacial score (nSPS) is 13.0. The van der Waals surface area contributed by atoms with Crippen LogP contribution in [0.3, 0.4) is 0 Å². The standard InChI is InChI=1S/C7H12O2.2C2H4O2S.C2H6O2/c8-7(9)6-4-2-1-3-5-6;2*3-2(4)1-5;3-1-2-4/h6H,1-5H2,(H,8,9);2*5H,1H2,(H,3,4);3-4H,1-2H2. The van der Waals surface area contributed by atoms with Gasteiger partial charge in [-0.2, -0.15) is 25.3 Å². The van der Waals surface area contributed by atoms with E-state index in [0.29, 0.717) is 0 Å². The van der Waals surface area contributed by atoms with E-state index in [9.17, 15) is 14.4 Å². The summed E-state index contributed by atoms with van der Waals surface area (Å²) >= 11 is 6.83. The zero-order valence-electron chi connectivity index (χ0n) is 12.8. The maximum Gasteiger partial charge on any atom is 0.313 e. The molecule has 5 N–H and O–H groups in total. The van der Waals surface area contributed by atoms with Crippen LogP contribution in [-0.4, -0.2) is 68.2 Å². The molecular formula is C13H26O8S2. The highest BCUT2D eigenvalue weighted by molar-refractivity contribution is 7.81. The SMILES string of the molecule is O=C(O)C1CCCCC1.O=C(O)CS.O=C(O)CS.OCCO. The molecule has 0 aromatic carbocycles. The fraction of sp³-hybridized carbons (Fsp3) is 0.769. The van der Waals surface area contributed by atoms with Crippen LogP contribution in [0.2, 0.25) is 0 Å². The van der Waals surface area contributed by atoms with Crippen LogP contribution < -0.4 is 0 Å². The largest absolute Gasteiger partial charge is 0.481 e. The number of aliphatic hydroxyl groups excluding tert-OH is 2. The predicted molar refractivity (Wildman–Crippen MR) is 91.4 cm³/mol. The lowest BCUT2D eigenvalue weighted by Crippen LogP contribution is -2.16. The minimum Gasteiger partial charge on any atom is -0.481 e. The first-order valence-electron chi connectivity index (χ1n) is 6.86. The number of carboxylic acid groups (broad SMARTS) is 3. The first-order chi connectivity index (χ1) is 10.8. The Labute approximate surface area is 146 Å². The molecule has 1 aliphatic rings. The first kappa shape index (κ1) is 26.9. The third-order valence-corrected chi connectivity index (χ3v) is 2.87. The molecule has 0 heterocycles. The zero-order chi connectivity index (χ0) is 18.7. The van der Waals surface area contributed by atoms with Gasteiger partial charge in [-0.25, -0.2) is 0 Å². The van der Waals surface area contributed by atoms with E-state index in [1.54, 1.807) is 0 Å². The minimum atomic E-state index is -0.881. The van der Waals surface area contributed by atoms with Crippen LogP contribution in [0.25, 0.3) is 0 Å². The predicted octanol–water partition coefficient (Wildman–Crippen LogP) is 0.624. The Kier molecular flexibility index (Phi) is 24.6. The summed E-state index contributed by atoms with van der Waals surface area (Å²) in [6, 6.07) is 0. The summed E-state index contributed by atoms with van der Waals surface area (Å²) in [4.78, 5) is 28.9. The van der Waals surface area contributed by atoms with Crippen molar-refractivity contribution in [2.45, 2.75) is 32.1 Å². The fourth-order valence-electron chi connectivity index (χ4n) is 1.35. The van der Waals surface area contributed by atoms with Crippen LogP contribution >= 0.6 is 25.3 Å². The van der Waals surface area contributed by atoms with Crippen LogP contribution in [0.5, 0.6) is 0 Å². The van der Waals surface area contributed by atoms with Gasteiger partial charge < -0.3 is 25.5 Å². The number of carboxylic acids is 3. The van der Waals surface area contributed by atoms with Gasteiger partial charge in [-0.1, -0.05) is 19.3 Å². The van der Waals surface area contributed by atoms with Crippen LogP contribution in [0.1, 0.15) is 32.1 Å². The van der Waals surface area contributed by atoms with Gasteiger partial charge in [0.15, 0.2) is 0 Å². The molecule has 1 fully saturated rings. The smallest absolute Gasteiger partial charge is 0.313 e. The number of aliphatic carboxylic acids is 3. The molecule has 8 nitrogen and oxygen atoms in total. The second-order valence-electron chi connectivity index (χ2n) is 4.22. The monoisotopic (exact) mass is 374 g/mol. The summed E-state index contributed by atoms with van der Waals surface area (Å²) in [5.41, 5.74) is 0. The number of hydrogen-bond donors (Lipinski definition) is 7. The van der Waals surface area contributed by atoms with Crippen molar-refractivity contribution in [2.24, 2.45) is 5.92 Å². The molecule has 10 heteroatoms. The molecule has 0 saturated heterocycles. The van der Waals surface area contributed by atoms with Gasteiger partial charge in [0, 0.05) is 0 Å². The molecule has 0 spiro atoms. The lowest BCUT2D eigenvalue weighted by molar-refractivity contribution is -0.142. The average Bonchev–Trinajstić information content (AvgIpc) is 2.56. The Hall–Kier alpha value is -0.970. The van der Waals surface area contributed by atoms with E-state index in [1.165, 1.54) is 6.42 Å². The summed E-state index contributed by atoms with van der Waals surface area (Å²) in [5.74, 6) is -2.56. The highest BCUT2D eigenvalue weighted by Crippen LogP contribution is 2.23. The Morgan fingerprint density at radius 2 is 1.09 bits per heavy atom. The van der Waals surface area contributed by atoms with Crippen LogP contribution in [0.15, 0.2) is 0 Å². The number of carbonyl (C=O) groups is 3. The molecule has 0 aliphatic heterocycles. The Balaban J connectivity index is -0.000000249. The van der Waals surface area contributed by atoms with Crippen molar-refractivity contribution in [3.63, 3.8) is 0 Å². The molecule has 138 valence electrons. The van der Waals surface area contributed by atoms with E-state index < -0.39 is 17.9 Å². The van der Waals surface area contributed by atoms with Gasteiger partial charge in [0.2, 0.25) is 0 Å². The molecule has 1 saturated carbocycles. The quantitative estimate of drug-likeness (QED) is 0.354. The highest BCUT2D eigenvalue weighted by atomic mass is 32.1. The molecule has 0 bridgehead atoms. The summed E-state index contributed by atoms with van der Waals surface area (Å²) in [5, 5.41) is 39.1. The molecule has 0 atom stereocenters. The van der Waals surface area contributed by atoms with E-state index in [1.807, 2.05) is 0 Å². The van der Waals surface area contributed by atoms with E-state index in [0.717, 1.165) is 25.7 Å². The van der Waals surface area contributed by atoms with Crippen molar-refractivity contribution in [3.8, 4) is 0 Å². The molecule has 0 aromatic heterocycles. The summed E-state index contributed by atoms with van der Waals surface area (Å²) in [6.45, 7) is -0.250. The molecule has 0 unspecified atom stereocenters. The summed E-state index contributed by atoms with van der Waals surface area (Å²) in [6.07, 6.45) is 5.24. The van der Waals surface area contributed by atoms with Gasteiger partial charge in [-0.3, -0.25) is 14.4 Å². The second-order valence-corrected chi connectivity index (χ2v) is 4.86. The topological polar surface area (TPSA) is 152 Å². The average molecular weight is 374 g/mol. The van der Waals surface area contributed by atoms with Crippen molar-refractivity contribution >= 4 is 43.2 Å². The number of aliphatic hydroxyl groups is 2. The zero-order valence-corrected chi connectivity index (χ0v) is 14.6. The fourth-order valence-corrected chi connectivity index (χ4v) is 1.35. The van der Waals surface area contributed by atoms with Crippen LogP contribution in [0, 0.1) is 5.92 Å². The molecule has 1 rings (SSSR count). The number of hydrogen-bond acceptors (Lipinski definition) is 7. The van der Waals surface area contributed by atoms with E-state index >= 15 is 0 Å². The second kappa shape index (κ2) is 21.0. The van der Waals surface area contributed by atoms with Gasteiger partial charge in [0.25, 0.3) is 0 Å². The maximum atomic E-state index is 10.4. The van der Waals surface area contributed by atoms with Crippen molar-refractivity contribution in [1.82, 2.24) is 0 Å². The van der Waals surface area contributed by atoms with Crippen molar-refractivity contribution in [2.75, 3.05) is 24.7 Å². The third-order valence-electron chi connectivity index (χ3n) is 2.32. The molecule has 0 radical (unpaired) electrons. The van der Waals surface area contributed by atoms with Crippen molar-refractivity contribution in [3.05, 3.63) is 0 Å². The van der Waals surface area contributed by atoms with Gasteiger partial charge in [-0.15, -0.1) is 0 Å². The Morgan fingerprint density at radius 1 is 0.783 bits per heavy atom. The van der Waals surface area contributed by atoms with Crippen molar-refractivity contribution < 1.29 is 39.9 Å². The molecule has 0 aromatic rings. The van der Waals surface area contributed by atoms with E-state index in [-0.39, 0.29) is 30.6 Å². The Bertz CT molecular complexity index is 290.